The molecule has 0 aromatic rings. The van der Waals surface area contributed by atoms with Crippen LogP contribution in [0.2, 0.25) is 0 Å². The van der Waals surface area contributed by atoms with Crippen LogP contribution >= 0.6 is 0 Å². The standard InChI is InChI=1S/C11H22N2O/c1-4-13(5-2)10(14)11(9-12-3)7-6-8-11/h12H,4-9H2,1-3H3. The molecule has 0 aromatic carbocycles. The normalized spacial score (nSPS) is 18.8. The molecule has 1 amide bonds. The Balaban J connectivity index is 2.63. The Morgan fingerprint density at radius 1 is 1.36 bits per heavy atom. The van der Waals surface area contributed by atoms with Gasteiger partial charge in [-0.15, -0.1) is 0 Å². The van der Waals surface area contributed by atoms with Crippen molar-refractivity contribution in [2.45, 2.75) is 33.1 Å². The molecule has 1 aliphatic rings. The van der Waals surface area contributed by atoms with Crippen molar-refractivity contribution in [2.24, 2.45) is 5.41 Å². The third kappa shape index (κ3) is 1.92. The van der Waals surface area contributed by atoms with Gasteiger partial charge >= 0.3 is 0 Å². The Hall–Kier alpha value is -0.570. The minimum Gasteiger partial charge on any atom is -0.343 e. The highest BCUT2D eigenvalue weighted by Crippen LogP contribution is 2.41. The Kier molecular flexibility index (Phi) is 3.93. The topological polar surface area (TPSA) is 32.3 Å². The zero-order valence-electron chi connectivity index (χ0n) is 9.60. The van der Waals surface area contributed by atoms with Gasteiger partial charge in [-0.05, 0) is 33.7 Å². The van der Waals surface area contributed by atoms with Crippen LogP contribution in [0.25, 0.3) is 0 Å². The molecule has 1 fully saturated rings. The minimum atomic E-state index is -0.0687. The van der Waals surface area contributed by atoms with E-state index >= 15 is 0 Å². The summed E-state index contributed by atoms with van der Waals surface area (Å²) in [6.07, 6.45) is 3.32. The van der Waals surface area contributed by atoms with E-state index in [1.54, 1.807) is 0 Å². The van der Waals surface area contributed by atoms with Gasteiger partial charge in [0.2, 0.25) is 5.91 Å². The van der Waals surface area contributed by atoms with Crippen molar-refractivity contribution in [3.63, 3.8) is 0 Å². The predicted molar refractivity (Wildman–Crippen MR) is 58.1 cm³/mol. The fourth-order valence-corrected chi connectivity index (χ4v) is 2.25. The Bertz CT molecular complexity index is 195. The SMILES string of the molecule is CCN(CC)C(=O)C1(CNC)CCC1. The number of rotatable bonds is 5. The summed E-state index contributed by atoms with van der Waals surface area (Å²) in [5, 5.41) is 3.15. The molecule has 3 nitrogen and oxygen atoms in total. The average Bonchev–Trinajstić information content (AvgIpc) is 2.13. The van der Waals surface area contributed by atoms with Crippen LogP contribution in [0.3, 0.4) is 0 Å². The molecular weight excluding hydrogens is 176 g/mol. The lowest BCUT2D eigenvalue weighted by atomic mass is 9.67. The monoisotopic (exact) mass is 198 g/mol. The van der Waals surface area contributed by atoms with Crippen LogP contribution < -0.4 is 5.32 Å². The van der Waals surface area contributed by atoms with E-state index in [9.17, 15) is 4.79 Å². The number of hydrogen-bond donors (Lipinski definition) is 1. The molecule has 0 spiro atoms. The van der Waals surface area contributed by atoms with E-state index in [4.69, 9.17) is 0 Å². The van der Waals surface area contributed by atoms with Crippen molar-refractivity contribution >= 4 is 5.91 Å². The predicted octanol–water partition coefficient (Wildman–Crippen LogP) is 1.24. The van der Waals surface area contributed by atoms with Gasteiger partial charge in [0.05, 0.1) is 5.41 Å². The summed E-state index contributed by atoms with van der Waals surface area (Å²) in [5.74, 6) is 0.350. The maximum absolute atomic E-state index is 12.2. The van der Waals surface area contributed by atoms with Crippen molar-refractivity contribution in [3.05, 3.63) is 0 Å². The van der Waals surface area contributed by atoms with Crippen molar-refractivity contribution in [3.8, 4) is 0 Å². The quantitative estimate of drug-likeness (QED) is 0.721. The molecule has 82 valence electrons. The molecule has 0 aromatic heterocycles. The summed E-state index contributed by atoms with van der Waals surface area (Å²) in [6, 6.07) is 0. The fraction of sp³-hybridized carbons (Fsp3) is 0.909. The van der Waals surface area contributed by atoms with Crippen LogP contribution in [0.15, 0.2) is 0 Å². The molecule has 0 atom stereocenters. The first-order valence-electron chi connectivity index (χ1n) is 5.64. The second-order valence-corrected chi connectivity index (χ2v) is 4.14. The van der Waals surface area contributed by atoms with Crippen molar-refractivity contribution < 1.29 is 4.79 Å². The highest BCUT2D eigenvalue weighted by molar-refractivity contribution is 5.83. The van der Waals surface area contributed by atoms with E-state index in [0.717, 1.165) is 32.5 Å². The molecule has 1 saturated carbocycles. The van der Waals surface area contributed by atoms with Gasteiger partial charge in [-0.2, -0.15) is 0 Å². The molecule has 0 bridgehead atoms. The van der Waals surface area contributed by atoms with Crippen molar-refractivity contribution in [2.75, 3.05) is 26.7 Å². The largest absolute Gasteiger partial charge is 0.343 e. The Labute approximate surface area is 86.9 Å². The molecule has 3 heteroatoms. The van der Waals surface area contributed by atoms with E-state index in [-0.39, 0.29) is 5.41 Å². The van der Waals surface area contributed by atoms with Gasteiger partial charge in [0, 0.05) is 19.6 Å². The van der Waals surface area contributed by atoms with Gasteiger partial charge < -0.3 is 10.2 Å². The maximum Gasteiger partial charge on any atom is 0.230 e. The number of carbonyl (C=O) groups excluding carboxylic acids is 1. The van der Waals surface area contributed by atoms with Crippen LogP contribution in [0.4, 0.5) is 0 Å². The smallest absolute Gasteiger partial charge is 0.230 e. The van der Waals surface area contributed by atoms with E-state index in [2.05, 4.69) is 5.32 Å². The number of nitrogens with zero attached hydrogens (tertiary/aromatic N) is 1. The number of hydrogen-bond acceptors (Lipinski definition) is 2. The molecule has 0 saturated heterocycles. The van der Waals surface area contributed by atoms with Crippen LogP contribution in [0, 0.1) is 5.41 Å². The van der Waals surface area contributed by atoms with Gasteiger partial charge in [0.15, 0.2) is 0 Å². The van der Waals surface area contributed by atoms with Crippen molar-refractivity contribution in [1.82, 2.24) is 10.2 Å². The highest BCUT2D eigenvalue weighted by Gasteiger charge is 2.44. The summed E-state index contributed by atoms with van der Waals surface area (Å²) < 4.78 is 0. The molecule has 0 heterocycles. The number of amides is 1. The Morgan fingerprint density at radius 2 is 1.93 bits per heavy atom. The maximum atomic E-state index is 12.2. The third-order valence-corrected chi connectivity index (χ3v) is 3.33. The lowest BCUT2D eigenvalue weighted by molar-refractivity contribution is -0.146. The van der Waals surface area contributed by atoms with E-state index < -0.39 is 0 Å². The first kappa shape index (κ1) is 11.5. The first-order chi connectivity index (χ1) is 6.70. The average molecular weight is 198 g/mol. The second kappa shape index (κ2) is 4.78. The van der Waals surface area contributed by atoms with Crippen molar-refractivity contribution in [1.29, 1.82) is 0 Å². The van der Waals surface area contributed by atoms with Gasteiger partial charge in [-0.3, -0.25) is 4.79 Å². The third-order valence-electron chi connectivity index (χ3n) is 3.33. The zero-order valence-corrected chi connectivity index (χ0v) is 9.60. The van der Waals surface area contributed by atoms with E-state index in [1.807, 2.05) is 25.8 Å². The lowest BCUT2D eigenvalue weighted by Gasteiger charge is -2.43. The molecule has 0 radical (unpaired) electrons. The van der Waals surface area contributed by atoms with E-state index in [1.165, 1.54) is 6.42 Å². The molecule has 14 heavy (non-hydrogen) atoms. The number of nitrogens with one attached hydrogen (secondary N) is 1. The lowest BCUT2D eigenvalue weighted by Crippen LogP contribution is -2.52. The zero-order chi connectivity index (χ0) is 10.6. The molecule has 1 aliphatic carbocycles. The summed E-state index contributed by atoms with van der Waals surface area (Å²) in [5.41, 5.74) is -0.0687. The van der Waals surface area contributed by atoms with E-state index in [0.29, 0.717) is 5.91 Å². The van der Waals surface area contributed by atoms with Gasteiger partial charge in [-0.1, -0.05) is 6.42 Å². The molecule has 1 N–H and O–H groups in total. The second-order valence-electron chi connectivity index (χ2n) is 4.14. The van der Waals surface area contributed by atoms with Gasteiger partial charge in [-0.25, -0.2) is 0 Å². The van der Waals surface area contributed by atoms with Crippen LogP contribution in [-0.2, 0) is 4.79 Å². The molecule has 0 unspecified atom stereocenters. The molecular formula is C11H22N2O. The van der Waals surface area contributed by atoms with Gasteiger partial charge in [0.25, 0.3) is 0 Å². The number of carbonyl (C=O) groups is 1. The summed E-state index contributed by atoms with van der Waals surface area (Å²) in [6.45, 7) is 6.60. The molecule has 1 rings (SSSR count). The Morgan fingerprint density at radius 3 is 2.21 bits per heavy atom. The van der Waals surface area contributed by atoms with Crippen LogP contribution in [0.5, 0.6) is 0 Å². The summed E-state index contributed by atoms with van der Waals surface area (Å²) in [7, 11) is 1.93. The van der Waals surface area contributed by atoms with Crippen LogP contribution in [-0.4, -0.2) is 37.5 Å². The summed E-state index contributed by atoms with van der Waals surface area (Å²) in [4.78, 5) is 14.1. The summed E-state index contributed by atoms with van der Waals surface area (Å²) >= 11 is 0. The minimum absolute atomic E-state index is 0.0687. The highest BCUT2D eigenvalue weighted by atomic mass is 16.2. The fourth-order valence-electron chi connectivity index (χ4n) is 2.25. The first-order valence-corrected chi connectivity index (χ1v) is 5.64. The molecule has 0 aliphatic heterocycles. The van der Waals surface area contributed by atoms with Crippen LogP contribution in [0.1, 0.15) is 33.1 Å². The van der Waals surface area contributed by atoms with Gasteiger partial charge in [0.1, 0.15) is 0 Å².